The monoisotopic (exact) mass is 316 g/mol. The summed E-state index contributed by atoms with van der Waals surface area (Å²) >= 11 is 0. The Hall–Kier alpha value is -2.22. The number of hydrogen-bond acceptors (Lipinski definition) is 4. The van der Waals surface area contributed by atoms with Gasteiger partial charge in [-0.1, -0.05) is 13.8 Å². The SMILES string of the molecule is CC[C@H](C)C(=O)N1CCc2cc(OC)c(OC)cc2C1(C)C#N. The summed E-state index contributed by atoms with van der Waals surface area (Å²) in [5.74, 6) is 1.15. The average Bonchev–Trinajstić information content (AvgIpc) is 2.59. The number of methoxy groups -OCH3 is 2. The second-order valence-electron chi connectivity index (χ2n) is 6.10. The highest BCUT2D eigenvalue weighted by molar-refractivity contribution is 5.80. The van der Waals surface area contributed by atoms with Gasteiger partial charge < -0.3 is 14.4 Å². The van der Waals surface area contributed by atoms with Crippen LogP contribution in [0, 0.1) is 17.2 Å². The highest BCUT2D eigenvalue weighted by atomic mass is 16.5. The van der Waals surface area contributed by atoms with Crippen LogP contribution < -0.4 is 9.47 Å². The van der Waals surface area contributed by atoms with E-state index in [4.69, 9.17) is 9.47 Å². The lowest BCUT2D eigenvalue weighted by Gasteiger charge is -2.42. The smallest absolute Gasteiger partial charge is 0.226 e. The van der Waals surface area contributed by atoms with Crippen LogP contribution in [0.15, 0.2) is 12.1 Å². The molecule has 0 saturated heterocycles. The number of nitriles is 1. The van der Waals surface area contributed by atoms with Gasteiger partial charge >= 0.3 is 0 Å². The Morgan fingerprint density at radius 1 is 1.39 bits per heavy atom. The molecule has 124 valence electrons. The fraction of sp³-hybridized carbons (Fsp3) is 0.556. The number of fused-ring (bicyclic) bond motifs is 1. The molecule has 1 heterocycles. The van der Waals surface area contributed by atoms with Gasteiger partial charge in [-0.05, 0) is 43.0 Å². The molecule has 1 aromatic carbocycles. The maximum Gasteiger partial charge on any atom is 0.226 e. The first-order valence-corrected chi connectivity index (χ1v) is 7.91. The molecule has 0 N–H and O–H groups in total. The molecule has 0 aliphatic carbocycles. The number of carbonyl (C=O) groups excluding carboxylic acids is 1. The highest BCUT2D eigenvalue weighted by Crippen LogP contribution is 2.41. The zero-order valence-corrected chi connectivity index (χ0v) is 14.5. The lowest BCUT2D eigenvalue weighted by atomic mass is 9.81. The molecule has 0 spiro atoms. The zero-order valence-electron chi connectivity index (χ0n) is 14.5. The van der Waals surface area contributed by atoms with Crippen LogP contribution in [-0.2, 0) is 16.8 Å². The Labute approximate surface area is 137 Å². The summed E-state index contributed by atoms with van der Waals surface area (Å²) in [6, 6.07) is 6.08. The molecule has 5 nitrogen and oxygen atoms in total. The van der Waals surface area contributed by atoms with E-state index < -0.39 is 5.54 Å². The number of benzene rings is 1. The summed E-state index contributed by atoms with van der Waals surface area (Å²) in [5, 5.41) is 9.84. The van der Waals surface area contributed by atoms with Gasteiger partial charge in [-0.2, -0.15) is 5.26 Å². The number of ether oxygens (including phenoxy) is 2. The van der Waals surface area contributed by atoms with Crippen LogP contribution in [0.5, 0.6) is 11.5 Å². The Morgan fingerprint density at radius 3 is 2.52 bits per heavy atom. The van der Waals surface area contributed by atoms with Gasteiger partial charge in [-0.25, -0.2) is 0 Å². The van der Waals surface area contributed by atoms with Gasteiger partial charge in [-0.3, -0.25) is 4.79 Å². The van der Waals surface area contributed by atoms with Crippen LogP contribution in [0.4, 0.5) is 0 Å². The molecule has 0 fully saturated rings. The Kier molecular flexibility index (Phi) is 4.84. The zero-order chi connectivity index (χ0) is 17.2. The van der Waals surface area contributed by atoms with Gasteiger partial charge in [0.25, 0.3) is 0 Å². The second-order valence-corrected chi connectivity index (χ2v) is 6.10. The molecule has 2 rings (SSSR count). The summed E-state index contributed by atoms with van der Waals surface area (Å²) in [4.78, 5) is 14.4. The van der Waals surface area contributed by atoms with Crippen molar-refractivity contribution in [2.45, 2.75) is 39.2 Å². The molecule has 0 saturated carbocycles. The predicted molar refractivity (Wildman–Crippen MR) is 87.4 cm³/mol. The van der Waals surface area contributed by atoms with Crippen LogP contribution in [0.2, 0.25) is 0 Å². The normalized spacial score (nSPS) is 21.1. The van der Waals surface area contributed by atoms with Gasteiger partial charge in [0.15, 0.2) is 17.0 Å². The van der Waals surface area contributed by atoms with E-state index in [1.807, 2.05) is 26.0 Å². The molecule has 0 radical (unpaired) electrons. The van der Waals surface area contributed by atoms with Crippen molar-refractivity contribution in [3.05, 3.63) is 23.3 Å². The first kappa shape index (κ1) is 17.1. The van der Waals surface area contributed by atoms with Crippen molar-refractivity contribution in [3.63, 3.8) is 0 Å². The fourth-order valence-electron chi connectivity index (χ4n) is 3.07. The average molecular weight is 316 g/mol. The molecule has 1 aliphatic rings. The first-order chi connectivity index (χ1) is 10.9. The minimum absolute atomic E-state index is 0.0250. The Bertz CT molecular complexity index is 650. The van der Waals surface area contributed by atoms with Crippen LogP contribution in [0.3, 0.4) is 0 Å². The number of rotatable bonds is 4. The van der Waals surface area contributed by atoms with Gasteiger partial charge in [-0.15, -0.1) is 0 Å². The third-order valence-corrected chi connectivity index (χ3v) is 4.80. The summed E-state index contributed by atoms with van der Waals surface area (Å²) in [6.45, 7) is 6.23. The predicted octanol–water partition coefficient (Wildman–Crippen LogP) is 2.87. The largest absolute Gasteiger partial charge is 0.493 e. The van der Waals surface area contributed by atoms with Gasteiger partial charge in [0.2, 0.25) is 5.91 Å². The van der Waals surface area contributed by atoms with Gasteiger partial charge in [0.05, 0.1) is 20.3 Å². The van der Waals surface area contributed by atoms with E-state index in [9.17, 15) is 10.1 Å². The number of hydrogen-bond donors (Lipinski definition) is 0. The van der Waals surface area contributed by atoms with E-state index in [0.717, 1.165) is 17.5 Å². The van der Waals surface area contributed by atoms with Crippen molar-refractivity contribution in [2.24, 2.45) is 5.92 Å². The third kappa shape index (κ3) is 2.74. The van der Waals surface area contributed by atoms with Crippen molar-refractivity contribution < 1.29 is 14.3 Å². The van der Waals surface area contributed by atoms with Crippen molar-refractivity contribution in [3.8, 4) is 17.6 Å². The summed E-state index contributed by atoms with van der Waals surface area (Å²) in [5.41, 5.74) is 0.855. The van der Waals surface area contributed by atoms with Crippen molar-refractivity contribution >= 4 is 5.91 Å². The molecule has 2 atom stereocenters. The lowest BCUT2D eigenvalue weighted by molar-refractivity contribution is -0.140. The Morgan fingerprint density at radius 2 is 2.00 bits per heavy atom. The Balaban J connectivity index is 2.56. The molecular formula is C18H24N2O3. The van der Waals surface area contributed by atoms with E-state index in [0.29, 0.717) is 24.5 Å². The molecule has 1 aliphatic heterocycles. The van der Waals surface area contributed by atoms with Crippen LogP contribution in [0.25, 0.3) is 0 Å². The van der Waals surface area contributed by atoms with Gasteiger partial charge in [0, 0.05) is 12.5 Å². The highest BCUT2D eigenvalue weighted by Gasteiger charge is 2.43. The van der Waals surface area contributed by atoms with E-state index in [-0.39, 0.29) is 11.8 Å². The first-order valence-electron chi connectivity index (χ1n) is 7.91. The summed E-state index contributed by atoms with van der Waals surface area (Å²) in [6.07, 6.45) is 1.46. The van der Waals surface area contributed by atoms with E-state index in [2.05, 4.69) is 6.07 Å². The van der Waals surface area contributed by atoms with E-state index >= 15 is 0 Å². The maximum atomic E-state index is 12.7. The van der Waals surface area contributed by atoms with Crippen LogP contribution in [-0.4, -0.2) is 31.6 Å². The molecule has 1 amide bonds. The maximum absolute atomic E-state index is 12.7. The van der Waals surface area contributed by atoms with Crippen LogP contribution in [0.1, 0.15) is 38.3 Å². The molecule has 1 aromatic rings. The molecule has 1 unspecified atom stereocenters. The molecule has 0 bridgehead atoms. The minimum atomic E-state index is -0.992. The van der Waals surface area contributed by atoms with Crippen molar-refractivity contribution in [1.82, 2.24) is 4.90 Å². The van der Waals surface area contributed by atoms with E-state index in [1.165, 1.54) is 0 Å². The lowest BCUT2D eigenvalue weighted by Crippen LogP contribution is -2.52. The number of carbonyl (C=O) groups is 1. The van der Waals surface area contributed by atoms with E-state index in [1.54, 1.807) is 26.0 Å². The summed E-state index contributed by atoms with van der Waals surface area (Å²) < 4.78 is 10.7. The van der Waals surface area contributed by atoms with Crippen molar-refractivity contribution in [2.75, 3.05) is 20.8 Å². The molecule has 23 heavy (non-hydrogen) atoms. The quantitative estimate of drug-likeness (QED) is 0.857. The molecule has 5 heteroatoms. The molecular weight excluding hydrogens is 292 g/mol. The van der Waals surface area contributed by atoms with Gasteiger partial charge in [0.1, 0.15) is 0 Å². The van der Waals surface area contributed by atoms with Crippen molar-refractivity contribution in [1.29, 1.82) is 5.26 Å². The second kappa shape index (κ2) is 6.49. The topological polar surface area (TPSA) is 62.6 Å². The third-order valence-electron chi connectivity index (χ3n) is 4.80. The van der Waals surface area contributed by atoms with Crippen LogP contribution >= 0.6 is 0 Å². The minimum Gasteiger partial charge on any atom is -0.493 e. The molecule has 0 aromatic heterocycles. The standard InChI is InChI=1S/C18H24N2O3/c1-6-12(2)17(21)20-8-7-13-9-15(22-4)16(23-5)10-14(13)18(20,3)11-19/h9-10,12H,6-8H2,1-5H3/t12-,18?/m0/s1. The fourth-order valence-corrected chi connectivity index (χ4v) is 3.07. The number of nitrogens with zero attached hydrogens (tertiary/aromatic N) is 2. The number of amides is 1. The summed E-state index contributed by atoms with van der Waals surface area (Å²) in [7, 11) is 3.16.